The molecule has 0 atom stereocenters. The van der Waals surface area contributed by atoms with Gasteiger partial charge in [-0.05, 0) is 38.0 Å². The van der Waals surface area contributed by atoms with Crippen LogP contribution < -0.4 is 5.73 Å². The number of aryl methyl sites for hydroxylation is 1. The molecule has 98 valence electrons. The number of aromatic nitrogens is 2. The minimum Gasteiger partial charge on any atom is -0.328 e. The fraction of sp³-hybridized carbons (Fsp3) is 0.333. The number of hydrogen-bond acceptors (Lipinski definition) is 3. The van der Waals surface area contributed by atoms with Crippen molar-refractivity contribution in [2.75, 3.05) is 0 Å². The summed E-state index contributed by atoms with van der Waals surface area (Å²) in [4.78, 5) is 9.27. The summed E-state index contributed by atoms with van der Waals surface area (Å²) in [6.07, 6.45) is 2.00. The summed E-state index contributed by atoms with van der Waals surface area (Å²) < 4.78 is 1.06. The van der Waals surface area contributed by atoms with Gasteiger partial charge in [-0.2, -0.15) is 0 Å². The van der Waals surface area contributed by atoms with E-state index >= 15 is 0 Å². The molecular weight excluding hydrogens is 302 g/mol. The van der Waals surface area contributed by atoms with Crippen LogP contribution >= 0.6 is 15.9 Å². The molecule has 2 N–H and O–H groups in total. The van der Waals surface area contributed by atoms with Crippen LogP contribution in [0.3, 0.4) is 0 Å². The van der Waals surface area contributed by atoms with E-state index in [9.17, 15) is 0 Å². The maximum Gasteiger partial charge on any atom is 0.132 e. The molecule has 1 aromatic heterocycles. The van der Waals surface area contributed by atoms with Gasteiger partial charge in [-0.1, -0.05) is 28.1 Å². The predicted octanol–water partition coefficient (Wildman–Crippen LogP) is 3.42. The van der Waals surface area contributed by atoms with Gasteiger partial charge < -0.3 is 5.73 Å². The second-order valence-corrected chi connectivity index (χ2v) is 6.11. The number of benzene rings is 1. The molecule has 0 unspecified atom stereocenters. The van der Waals surface area contributed by atoms with E-state index in [0.29, 0.717) is 12.0 Å². The van der Waals surface area contributed by atoms with Crippen LogP contribution in [0.1, 0.15) is 30.3 Å². The van der Waals surface area contributed by atoms with Gasteiger partial charge in [0, 0.05) is 27.7 Å². The molecule has 0 radical (unpaired) electrons. The van der Waals surface area contributed by atoms with E-state index in [4.69, 9.17) is 10.7 Å². The van der Waals surface area contributed by atoms with E-state index in [1.165, 1.54) is 0 Å². The van der Waals surface area contributed by atoms with E-state index in [1.54, 1.807) is 0 Å². The number of rotatable bonds is 2. The SMILES string of the molecule is Cc1cc(-c2cccc(Br)c2)nc(C2CC(N)C2)n1. The summed E-state index contributed by atoms with van der Waals surface area (Å²) in [5.74, 6) is 1.37. The zero-order valence-electron chi connectivity index (χ0n) is 10.8. The number of hydrogen-bond donors (Lipinski definition) is 1. The van der Waals surface area contributed by atoms with Crippen molar-refractivity contribution in [3.8, 4) is 11.3 Å². The highest BCUT2D eigenvalue weighted by Crippen LogP contribution is 2.34. The highest BCUT2D eigenvalue weighted by atomic mass is 79.9. The minimum atomic E-state index is 0.323. The number of nitrogens with zero attached hydrogens (tertiary/aromatic N) is 2. The molecule has 1 aliphatic carbocycles. The molecule has 1 aliphatic rings. The molecule has 3 nitrogen and oxygen atoms in total. The third-order valence-corrected chi connectivity index (χ3v) is 4.02. The molecule has 1 fully saturated rings. The Morgan fingerprint density at radius 3 is 2.68 bits per heavy atom. The molecule has 3 rings (SSSR count). The average molecular weight is 318 g/mol. The van der Waals surface area contributed by atoms with Crippen LogP contribution in [-0.4, -0.2) is 16.0 Å². The summed E-state index contributed by atoms with van der Waals surface area (Å²) >= 11 is 3.50. The van der Waals surface area contributed by atoms with E-state index in [0.717, 1.165) is 40.1 Å². The standard InChI is InChI=1S/C15H16BrN3/c1-9-5-14(10-3-2-4-12(16)6-10)19-15(18-9)11-7-13(17)8-11/h2-6,11,13H,7-8,17H2,1H3. The second-order valence-electron chi connectivity index (χ2n) is 5.19. The molecule has 1 heterocycles. The first-order valence-electron chi connectivity index (χ1n) is 6.49. The van der Waals surface area contributed by atoms with Gasteiger partial charge in [0.25, 0.3) is 0 Å². The largest absolute Gasteiger partial charge is 0.328 e. The lowest BCUT2D eigenvalue weighted by atomic mass is 9.80. The van der Waals surface area contributed by atoms with Crippen molar-refractivity contribution in [1.82, 2.24) is 9.97 Å². The lowest BCUT2D eigenvalue weighted by Crippen LogP contribution is -2.35. The summed E-state index contributed by atoms with van der Waals surface area (Å²) in [6, 6.07) is 10.5. The Morgan fingerprint density at radius 2 is 2.00 bits per heavy atom. The average Bonchev–Trinajstić information content (AvgIpc) is 2.34. The molecule has 0 bridgehead atoms. The summed E-state index contributed by atoms with van der Waals surface area (Å²) in [7, 11) is 0. The van der Waals surface area contributed by atoms with Crippen LogP contribution in [-0.2, 0) is 0 Å². The van der Waals surface area contributed by atoms with Crippen molar-refractivity contribution in [3.63, 3.8) is 0 Å². The summed E-state index contributed by atoms with van der Waals surface area (Å²) in [5, 5.41) is 0. The molecule has 4 heteroatoms. The molecule has 19 heavy (non-hydrogen) atoms. The smallest absolute Gasteiger partial charge is 0.132 e. The molecular formula is C15H16BrN3. The predicted molar refractivity (Wildman–Crippen MR) is 79.9 cm³/mol. The third kappa shape index (κ3) is 2.69. The van der Waals surface area contributed by atoms with Crippen molar-refractivity contribution in [3.05, 3.63) is 46.3 Å². The maximum atomic E-state index is 5.85. The highest BCUT2D eigenvalue weighted by Gasteiger charge is 2.29. The van der Waals surface area contributed by atoms with Crippen LogP contribution in [0.25, 0.3) is 11.3 Å². The van der Waals surface area contributed by atoms with Crippen LogP contribution in [0.4, 0.5) is 0 Å². The van der Waals surface area contributed by atoms with Gasteiger partial charge in [0.05, 0.1) is 5.69 Å². The van der Waals surface area contributed by atoms with Gasteiger partial charge in [-0.25, -0.2) is 9.97 Å². The van der Waals surface area contributed by atoms with Crippen molar-refractivity contribution in [2.24, 2.45) is 5.73 Å². The normalized spacial score (nSPS) is 22.1. The minimum absolute atomic E-state index is 0.323. The lowest BCUT2D eigenvalue weighted by Gasteiger charge is -2.31. The topological polar surface area (TPSA) is 51.8 Å². The lowest BCUT2D eigenvalue weighted by molar-refractivity contribution is 0.338. The van der Waals surface area contributed by atoms with E-state index < -0.39 is 0 Å². The summed E-state index contributed by atoms with van der Waals surface area (Å²) in [5.41, 5.74) is 8.97. The molecule has 0 aliphatic heterocycles. The Labute approximate surface area is 121 Å². The van der Waals surface area contributed by atoms with E-state index in [1.807, 2.05) is 25.1 Å². The first-order chi connectivity index (χ1) is 9.11. The first-order valence-corrected chi connectivity index (χ1v) is 7.28. The van der Waals surface area contributed by atoms with Crippen LogP contribution in [0.5, 0.6) is 0 Å². The Kier molecular flexibility index (Phi) is 3.37. The monoisotopic (exact) mass is 317 g/mol. The summed E-state index contributed by atoms with van der Waals surface area (Å²) in [6.45, 7) is 2.02. The van der Waals surface area contributed by atoms with Gasteiger partial charge >= 0.3 is 0 Å². The van der Waals surface area contributed by atoms with Gasteiger partial charge in [-0.15, -0.1) is 0 Å². The van der Waals surface area contributed by atoms with Crippen LogP contribution in [0.15, 0.2) is 34.8 Å². The van der Waals surface area contributed by atoms with Crippen LogP contribution in [0.2, 0.25) is 0 Å². The first kappa shape index (κ1) is 12.8. The fourth-order valence-electron chi connectivity index (χ4n) is 2.44. The molecule has 0 amide bonds. The Bertz CT molecular complexity index is 606. The van der Waals surface area contributed by atoms with E-state index in [2.05, 4.69) is 33.0 Å². The fourth-order valence-corrected chi connectivity index (χ4v) is 2.84. The number of halogens is 1. The van der Waals surface area contributed by atoms with E-state index in [-0.39, 0.29) is 0 Å². The Hall–Kier alpha value is -1.26. The zero-order chi connectivity index (χ0) is 13.4. The quantitative estimate of drug-likeness (QED) is 0.923. The van der Waals surface area contributed by atoms with Crippen molar-refractivity contribution < 1.29 is 0 Å². The van der Waals surface area contributed by atoms with Gasteiger partial charge in [-0.3, -0.25) is 0 Å². The van der Waals surface area contributed by atoms with Crippen molar-refractivity contribution >= 4 is 15.9 Å². The van der Waals surface area contributed by atoms with Gasteiger partial charge in [0.2, 0.25) is 0 Å². The Balaban J connectivity index is 1.98. The van der Waals surface area contributed by atoms with Crippen LogP contribution in [0, 0.1) is 6.92 Å². The number of nitrogens with two attached hydrogens (primary N) is 1. The molecule has 0 spiro atoms. The maximum absolute atomic E-state index is 5.85. The third-order valence-electron chi connectivity index (χ3n) is 3.53. The zero-order valence-corrected chi connectivity index (χ0v) is 12.4. The van der Waals surface area contributed by atoms with Gasteiger partial charge in [0.15, 0.2) is 0 Å². The second kappa shape index (κ2) is 5.02. The highest BCUT2D eigenvalue weighted by molar-refractivity contribution is 9.10. The molecule has 1 saturated carbocycles. The molecule has 2 aromatic rings. The molecule has 1 aromatic carbocycles. The molecule has 0 saturated heterocycles. The van der Waals surface area contributed by atoms with Gasteiger partial charge in [0.1, 0.15) is 5.82 Å². The Morgan fingerprint density at radius 1 is 1.21 bits per heavy atom. The van der Waals surface area contributed by atoms with Crippen molar-refractivity contribution in [2.45, 2.75) is 31.7 Å². The van der Waals surface area contributed by atoms with Crippen molar-refractivity contribution in [1.29, 1.82) is 0 Å².